The fourth-order valence-electron chi connectivity index (χ4n) is 3.85. The van der Waals surface area contributed by atoms with Crippen LogP contribution in [0, 0.1) is 13.8 Å². The lowest BCUT2D eigenvalue weighted by Crippen LogP contribution is -2.18. The van der Waals surface area contributed by atoms with Gasteiger partial charge in [-0.05, 0) is 45.2 Å². The molecule has 160 valence electrons. The molecule has 3 aromatic heterocycles. The van der Waals surface area contributed by atoms with Crippen molar-refractivity contribution in [2.45, 2.75) is 40.2 Å². The van der Waals surface area contributed by atoms with Crippen molar-refractivity contribution in [3.8, 4) is 11.4 Å². The standard InChI is InChI=1S/C12H12N6O.C11H15N/c1-3-18-10(8-4-13-7(2)14-5-8)17-9-11(18)15-6-16-12(9)19;1-10-6-2-3-7-11(10)12-8-4-5-9-12/h4-6H,3H2,1-2H3,(H,15,16,19);2-3,6-7H,4-5,8-9H2,1H3. The average Bonchev–Trinajstić information content (AvgIpc) is 3.44. The summed E-state index contributed by atoms with van der Waals surface area (Å²) in [5.74, 6) is 1.35. The van der Waals surface area contributed by atoms with Crippen molar-refractivity contribution in [3.05, 3.63) is 64.7 Å². The first-order valence-corrected chi connectivity index (χ1v) is 10.6. The highest BCUT2D eigenvalue weighted by molar-refractivity contribution is 5.75. The van der Waals surface area contributed by atoms with Gasteiger partial charge in [0.15, 0.2) is 11.2 Å². The third-order valence-corrected chi connectivity index (χ3v) is 5.46. The summed E-state index contributed by atoms with van der Waals surface area (Å²) in [6, 6.07) is 8.64. The Balaban J connectivity index is 0.000000166. The molecule has 0 saturated carbocycles. The van der Waals surface area contributed by atoms with E-state index in [0.29, 0.717) is 29.4 Å². The fourth-order valence-corrected chi connectivity index (χ4v) is 3.85. The summed E-state index contributed by atoms with van der Waals surface area (Å²) in [7, 11) is 0. The molecule has 4 heterocycles. The highest BCUT2D eigenvalue weighted by Crippen LogP contribution is 2.23. The second-order valence-electron chi connectivity index (χ2n) is 7.58. The van der Waals surface area contributed by atoms with Crippen LogP contribution in [0.2, 0.25) is 0 Å². The Bertz CT molecular complexity index is 1220. The average molecular weight is 418 g/mol. The van der Waals surface area contributed by atoms with E-state index < -0.39 is 0 Å². The van der Waals surface area contributed by atoms with Gasteiger partial charge >= 0.3 is 0 Å². The number of para-hydroxylation sites is 1. The number of imidazole rings is 1. The number of aryl methyl sites for hydroxylation is 3. The number of aromatic nitrogens is 6. The van der Waals surface area contributed by atoms with Crippen LogP contribution in [-0.2, 0) is 6.54 Å². The molecule has 0 aliphatic carbocycles. The molecule has 0 bridgehead atoms. The summed E-state index contributed by atoms with van der Waals surface area (Å²) >= 11 is 0. The van der Waals surface area contributed by atoms with Crippen molar-refractivity contribution in [3.63, 3.8) is 0 Å². The van der Waals surface area contributed by atoms with Gasteiger partial charge in [0.2, 0.25) is 0 Å². The second kappa shape index (κ2) is 9.07. The Kier molecular flexibility index (Phi) is 6.06. The van der Waals surface area contributed by atoms with E-state index in [0.717, 1.165) is 5.56 Å². The molecule has 0 atom stereocenters. The predicted molar refractivity (Wildman–Crippen MR) is 122 cm³/mol. The van der Waals surface area contributed by atoms with Crippen molar-refractivity contribution >= 4 is 16.9 Å². The molecule has 0 unspecified atom stereocenters. The summed E-state index contributed by atoms with van der Waals surface area (Å²) in [4.78, 5) is 33.6. The molecule has 8 nitrogen and oxygen atoms in total. The Morgan fingerprint density at radius 3 is 2.42 bits per heavy atom. The molecule has 1 fully saturated rings. The van der Waals surface area contributed by atoms with Crippen LogP contribution >= 0.6 is 0 Å². The van der Waals surface area contributed by atoms with Gasteiger partial charge in [-0.25, -0.2) is 19.9 Å². The van der Waals surface area contributed by atoms with E-state index in [1.165, 1.54) is 43.5 Å². The zero-order valence-corrected chi connectivity index (χ0v) is 18.2. The summed E-state index contributed by atoms with van der Waals surface area (Å²) in [5.41, 5.74) is 4.26. The topological polar surface area (TPSA) is 92.6 Å². The number of fused-ring (bicyclic) bond motifs is 1. The molecule has 1 aliphatic heterocycles. The molecule has 1 aromatic carbocycles. The lowest BCUT2D eigenvalue weighted by molar-refractivity contribution is 0.784. The van der Waals surface area contributed by atoms with E-state index >= 15 is 0 Å². The molecular weight excluding hydrogens is 390 g/mol. The quantitative estimate of drug-likeness (QED) is 0.548. The number of hydrogen-bond acceptors (Lipinski definition) is 6. The van der Waals surface area contributed by atoms with Gasteiger partial charge in [0, 0.05) is 37.7 Å². The predicted octanol–water partition coefficient (Wildman–Crippen LogP) is 3.50. The van der Waals surface area contributed by atoms with Crippen molar-refractivity contribution in [2.24, 2.45) is 0 Å². The lowest BCUT2D eigenvalue weighted by Gasteiger charge is -2.19. The largest absolute Gasteiger partial charge is 0.371 e. The molecule has 0 radical (unpaired) electrons. The van der Waals surface area contributed by atoms with Crippen molar-refractivity contribution in [1.29, 1.82) is 0 Å². The molecule has 0 amide bonds. The molecule has 31 heavy (non-hydrogen) atoms. The maximum atomic E-state index is 11.7. The minimum Gasteiger partial charge on any atom is -0.371 e. The highest BCUT2D eigenvalue weighted by Gasteiger charge is 2.15. The third kappa shape index (κ3) is 4.33. The molecule has 8 heteroatoms. The van der Waals surface area contributed by atoms with Crippen LogP contribution in [0.3, 0.4) is 0 Å². The molecule has 4 aromatic rings. The fraction of sp³-hybridized carbons (Fsp3) is 0.348. The maximum absolute atomic E-state index is 11.7. The van der Waals surface area contributed by atoms with Crippen molar-refractivity contribution < 1.29 is 0 Å². The van der Waals surface area contributed by atoms with E-state index in [-0.39, 0.29) is 5.56 Å². The highest BCUT2D eigenvalue weighted by atomic mass is 16.1. The van der Waals surface area contributed by atoms with Crippen LogP contribution in [0.1, 0.15) is 31.2 Å². The number of aromatic amines is 1. The number of H-pyrrole nitrogens is 1. The minimum absolute atomic E-state index is 0.244. The smallest absolute Gasteiger partial charge is 0.278 e. The number of hydrogen-bond donors (Lipinski definition) is 1. The molecule has 1 N–H and O–H groups in total. The van der Waals surface area contributed by atoms with Crippen LogP contribution in [0.25, 0.3) is 22.6 Å². The Labute approximate surface area is 181 Å². The lowest BCUT2D eigenvalue weighted by atomic mass is 10.2. The van der Waals surface area contributed by atoms with Gasteiger partial charge in [-0.2, -0.15) is 0 Å². The number of rotatable bonds is 3. The van der Waals surface area contributed by atoms with Gasteiger partial charge < -0.3 is 14.5 Å². The number of anilines is 1. The van der Waals surface area contributed by atoms with Gasteiger partial charge in [0.05, 0.1) is 11.9 Å². The summed E-state index contributed by atoms with van der Waals surface area (Å²) in [6.45, 7) is 9.13. The van der Waals surface area contributed by atoms with Gasteiger partial charge in [-0.3, -0.25) is 4.79 Å². The van der Waals surface area contributed by atoms with Gasteiger partial charge in [-0.1, -0.05) is 18.2 Å². The van der Waals surface area contributed by atoms with E-state index in [1.807, 2.05) is 18.4 Å². The number of nitrogens with one attached hydrogen (secondary N) is 1. The summed E-state index contributed by atoms with van der Waals surface area (Å²) in [5, 5.41) is 0. The summed E-state index contributed by atoms with van der Waals surface area (Å²) in [6.07, 6.45) is 7.49. The van der Waals surface area contributed by atoms with Gasteiger partial charge in [-0.15, -0.1) is 0 Å². The number of benzene rings is 1. The van der Waals surface area contributed by atoms with Crippen LogP contribution < -0.4 is 10.5 Å². The monoisotopic (exact) mass is 417 g/mol. The zero-order valence-electron chi connectivity index (χ0n) is 18.2. The molecule has 1 saturated heterocycles. The molecule has 5 rings (SSSR count). The van der Waals surface area contributed by atoms with Crippen LogP contribution in [0.15, 0.2) is 47.8 Å². The SMILES string of the molecule is CCn1c(-c2cnc(C)nc2)nc2c(=O)[nH]cnc21.Cc1ccccc1N1CCCC1. The van der Waals surface area contributed by atoms with Gasteiger partial charge in [0.25, 0.3) is 5.56 Å². The third-order valence-electron chi connectivity index (χ3n) is 5.46. The maximum Gasteiger partial charge on any atom is 0.278 e. The zero-order chi connectivity index (χ0) is 21.8. The first-order chi connectivity index (χ1) is 15.1. The number of nitrogens with zero attached hydrogens (tertiary/aromatic N) is 6. The van der Waals surface area contributed by atoms with Gasteiger partial charge in [0.1, 0.15) is 11.6 Å². The van der Waals surface area contributed by atoms with E-state index in [2.05, 4.69) is 61.0 Å². The molecule has 0 spiro atoms. The first-order valence-electron chi connectivity index (χ1n) is 10.6. The molecular formula is C23H27N7O. The summed E-state index contributed by atoms with van der Waals surface area (Å²) < 4.78 is 1.87. The van der Waals surface area contributed by atoms with Crippen LogP contribution in [0.4, 0.5) is 5.69 Å². The normalized spacial score (nSPS) is 13.3. The Hall–Kier alpha value is -3.55. The van der Waals surface area contributed by atoms with E-state index in [9.17, 15) is 4.79 Å². The van der Waals surface area contributed by atoms with Crippen LogP contribution in [-0.4, -0.2) is 42.6 Å². The van der Waals surface area contributed by atoms with E-state index in [1.54, 1.807) is 12.4 Å². The Morgan fingerprint density at radius 1 is 1.03 bits per heavy atom. The second-order valence-corrected chi connectivity index (χ2v) is 7.58. The van der Waals surface area contributed by atoms with Crippen molar-refractivity contribution in [2.75, 3.05) is 18.0 Å². The first kappa shape index (κ1) is 20.7. The van der Waals surface area contributed by atoms with E-state index in [4.69, 9.17) is 0 Å². The Morgan fingerprint density at radius 2 is 1.74 bits per heavy atom. The van der Waals surface area contributed by atoms with Crippen molar-refractivity contribution in [1.82, 2.24) is 29.5 Å². The van der Waals surface area contributed by atoms with Crippen LogP contribution in [0.5, 0.6) is 0 Å². The molecule has 1 aliphatic rings. The minimum atomic E-state index is -0.244.